The van der Waals surface area contributed by atoms with Crippen LogP contribution in [0.4, 0.5) is 0 Å². The number of ether oxygens (including phenoxy) is 2. The van der Waals surface area contributed by atoms with E-state index < -0.39 is 5.91 Å². The van der Waals surface area contributed by atoms with E-state index >= 15 is 0 Å². The molecule has 0 bridgehead atoms. The first-order valence-electron chi connectivity index (χ1n) is 8.08. The first-order chi connectivity index (χ1) is 11.2. The second-order valence-electron chi connectivity index (χ2n) is 6.43. The monoisotopic (exact) mass is 324 g/mol. The standard InChI is InChI=1S/C19H18NO2S/c1-12-11-13(2)22-19(21-12)17-14-7-3-4-9-16(14)23-18(17)15-8-5-6-10-20(15)19/h3-10,12-13H,11H2,1-2H3/q+1. The largest absolute Gasteiger partial charge is 0.423 e. The Hall–Kier alpha value is -1.75. The zero-order valence-corrected chi connectivity index (χ0v) is 14.0. The third kappa shape index (κ3) is 1.74. The van der Waals surface area contributed by atoms with Crippen molar-refractivity contribution in [2.24, 2.45) is 0 Å². The van der Waals surface area contributed by atoms with Crippen LogP contribution in [0.15, 0.2) is 48.7 Å². The summed E-state index contributed by atoms with van der Waals surface area (Å²) in [4.78, 5) is 1.26. The van der Waals surface area contributed by atoms with E-state index in [1.165, 1.54) is 26.2 Å². The smallest absolute Gasteiger partial charge is 0.287 e. The van der Waals surface area contributed by atoms with Crippen LogP contribution in [0.1, 0.15) is 25.8 Å². The Morgan fingerprint density at radius 3 is 2.61 bits per heavy atom. The average molecular weight is 324 g/mol. The molecule has 0 saturated carbocycles. The maximum Gasteiger partial charge on any atom is 0.423 e. The molecule has 2 unspecified atom stereocenters. The third-order valence-electron chi connectivity index (χ3n) is 4.71. The number of hydrogen-bond acceptors (Lipinski definition) is 3. The maximum atomic E-state index is 6.47. The number of thiophene rings is 1. The molecule has 116 valence electrons. The molecule has 1 saturated heterocycles. The van der Waals surface area contributed by atoms with Crippen LogP contribution in [-0.2, 0) is 15.4 Å². The molecule has 0 aliphatic carbocycles. The maximum absolute atomic E-state index is 6.47. The number of pyridine rings is 1. The van der Waals surface area contributed by atoms with Gasteiger partial charge in [0.05, 0.1) is 12.2 Å². The van der Waals surface area contributed by atoms with E-state index in [2.05, 4.69) is 61.0 Å². The summed E-state index contributed by atoms with van der Waals surface area (Å²) in [5.41, 5.74) is 2.34. The molecule has 0 radical (unpaired) electrons. The van der Waals surface area contributed by atoms with Crippen LogP contribution in [0.5, 0.6) is 0 Å². The Kier molecular flexibility index (Phi) is 2.75. The highest BCUT2D eigenvalue weighted by Crippen LogP contribution is 2.50. The lowest BCUT2D eigenvalue weighted by atomic mass is 10.1. The van der Waals surface area contributed by atoms with Gasteiger partial charge in [0.25, 0.3) is 0 Å². The van der Waals surface area contributed by atoms with Gasteiger partial charge in [-0.15, -0.1) is 15.9 Å². The first-order valence-corrected chi connectivity index (χ1v) is 8.90. The SMILES string of the molecule is CC1CC(C)OC2(O1)c1c(sc3ccccc13)-c1cccc[n+]12. The lowest BCUT2D eigenvalue weighted by Crippen LogP contribution is -2.62. The number of fused-ring (bicyclic) bond motifs is 7. The van der Waals surface area contributed by atoms with Crippen molar-refractivity contribution in [1.29, 1.82) is 0 Å². The first kappa shape index (κ1) is 13.7. The molecule has 1 aromatic carbocycles. The van der Waals surface area contributed by atoms with E-state index in [0.29, 0.717) is 0 Å². The molecule has 1 fully saturated rings. The minimum Gasteiger partial charge on any atom is -0.287 e. The highest BCUT2D eigenvalue weighted by atomic mass is 32.1. The van der Waals surface area contributed by atoms with Crippen LogP contribution in [0.3, 0.4) is 0 Å². The highest BCUT2D eigenvalue weighted by molar-refractivity contribution is 7.22. The van der Waals surface area contributed by atoms with E-state index in [1.54, 1.807) is 0 Å². The Balaban J connectivity index is 1.88. The van der Waals surface area contributed by atoms with Crippen LogP contribution in [0.2, 0.25) is 0 Å². The number of rotatable bonds is 0. The highest BCUT2D eigenvalue weighted by Gasteiger charge is 2.60. The molecule has 2 atom stereocenters. The fourth-order valence-electron chi connectivity index (χ4n) is 3.91. The molecule has 3 nitrogen and oxygen atoms in total. The predicted molar refractivity (Wildman–Crippen MR) is 90.2 cm³/mol. The predicted octanol–water partition coefficient (Wildman–Crippen LogP) is 4.04. The van der Waals surface area contributed by atoms with Crippen LogP contribution in [0.25, 0.3) is 20.7 Å². The molecule has 0 amide bonds. The van der Waals surface area contributed by atoms with Gasteiger partial charge in [0.15, 0.2) is 6.20 Å². The van der Waals surface area contributed by atoms with Gasteiger partial charge in [0.1, 0.15) is 10.4 Å². The lowest BCUT2D eigenvalue weighted by molar-refractivity contribution is -0.840. The molecule has 0 N–H and O–H groups in total. The van der Waals surface area contributed by atoms with E-state index in [4.69, 9.17) is 9.47 Å². The van der Waals surface area contributed by atoms with Crippen LogP contribution in [-0.4, -0.2) is 12.2 Å². The summed E-state index contributed by atoms with van der Waals surface area (Å²) < 4.78 is 16.4. The van der Waals surface area contributed by atoms with Crippen molar-refractivity contribution >= 4 is 21.4 Å². The molecule has 4 heteroatoms. The summed E-state index contributed by atoms with van der Waals surface area (Å²) in [5, 5.41) is 1.23. The number of aromatic nitrogens is 1. The summed E-state index contributed by atoms with van der Waals surface area (Å²) >= 11 is 1.82. The number of nitrogens with zero attached hydrogens (tertiary/aromatic N) is 1. The quantitative estimate of drug-likeness (QED) is 0.582. The minimum atomic E-state index is -0.831. The number of benzene rings is 1. The zero-order valence-electron chi connectivity index (χ0n) is 13.2. The third-order valence-corrected chi connectivity index (χ3v) is 5.90. The Morgan fingerprint density at radius 1 is 1.04 bits per heavy atom. The van der Waals surface area contributed by atoms with E-state index in [9.17, 15) is 0 Å². The Morgan fingerprint density at radius 2 is 1.78 bits per heavy atom. The minimum absolute atomic E-state index is 0.156. The van der Waals surface area contributed by atoms with E-state index in [0.717, 1.165) is 6.42 Å². The fraction of sp³-hybridized carbons (Fsp3) is 0.316. The van der Waals surface area contributed by atoms with Crippen molar-refractivity contribution in [3.05, 3.63) is 54.2 Å². The molecule has 4 heterocycles. The Bertz CT molecular complexity index is 907. The van der Waals surface area contributed by atoms with Gasteiger partial charge in [-0.2, -0.15) is 0 Å². The zero-order chi connectivity index (χ0) is 15.6. The molecule has 3 aromatic rings. The summed E-state index contributed by atoms with van der Waals surface area (Å²) in [5.74, 6) is -0.831. The van der Waals surface area contributed by atoms with Crippen LogP contribution < -0.4 is 4.57 Å². The van der Waals surface area contributed by atoms with E-state index in [-0.39, 0.29) is 12.2 Å². The van der Waals surface area contributed by atoms with Crippen molar-refractivity contribution in [3.63, 3.8) is 0 Å². The van der Waals surface area contributed by atoms with Gasteiger partial charge in [0, 0.05) is 28.6 Å². The van der Waals surface area contributed by atoms with Gasteiger partial charge in [0.2, 0.25) is 5.69 Å². The molecule has 2 aromatic heterocycles. The van der Waals surface area contributed by atoms with Gasteiger partial charge in [-0.3, -0.25) is 9.47 Å². The van der Waals surface area contributed by atoms with Crippen molar-refractivity contribution in [1.82, 2.24) is 0 Å². The molecular formula is C19H18NO2S+. The number of hydrogen-bond donors (Lipinski definition) is 0. The van der Waals surface area contributed by atoms with Gasteiger partial charge >= 0.3 is 5.91 Å². The summed E-state index contributed by atoms with van der Waals surface area (Å²) in [6, 6.07) is 14.8. The van der Waals surface area contributed by atoms with E-state index in [1.807, 2.05) is 17.4 Å². The summed E-state index contributed by atoms with van der Waals surface area (Å²) in [7, 11) is 0. The van der Waals surface area contributed by atoms with Crippen molar-refractivity contribution < 1.29 is 14.0 Å². The van der Waals surface area contributed by atoms with Crippen LogP contribution >= 0.6 is 11.3 Å². The van der Waals surface area contributed by atoms with Crippen LogP contribution in [0, 0.1) is 0 Å². The lowest BCUT2D eigenvalue weighted by Gasteiger charge is -2.36. The fourth-order valence-corrected chi connectivity index (χ4v) is 5.17. The molecule has 2 aliphatic heterocycles. The normalized spacial score (nSPS) is 29.0. The molecule has 23 heavy (non-hydrogen) atoms. The summed E-state index contributed by atoms with van der Waals surface area (Å²) in [6.45, 7) is 4.27. The second kappa shape index (κ2) is 4.63. The molecular weight excluding hydrogens is 306 g/mol. The topological polar surface area (TPSA) is 22.3 Å². The van der Waals surface area contributed by atoms with Crippen molar-refractivity contribution in [2.75, 3.05) is 0 Å². The summed E-state index contributed by atoms with van der Waals surface area (Å²) in [6.07, 6.45) is 3.30. The molecule has 1 spiro atoms. The van der Waals surface area contributed by atoms with Gasteiger partial charge in [-0.1, -0.05) is 18.2 Å². The second-order valence-corrected chi connectivity index (χ2v) is 7.48. The average Bonchev–Trinajstić information content (AvgIpc) is 3.03. The Labute approximate surface area is 139 Å². The molecule has 2 aliphatic rings. The van der Waals surface area contributed by atoms with Crippen molar-refractivity contribution in [2.45, 2.75) is 38.4 Å². The van der Waals surface area contributed by atoms with Crippen molar-refractivity contribution in [3.8, 4) is 10.6 Å². The van der Waals surface area contributed by atoms with Gasteiger partial charge in [-0.05, 0) is 26.0 Å². The van der Waals surface area contributed by atoms with Gasteiger partial charge < -0.3 is 0 Å². The molecule has 5 rings (SSSR count). The van der Waals surface area contributed by atoms with Gasteiger partial charge in [-0.25, -0.2) is 0 Å².